The van der Waals surface area contributed by atoms with E-state index in [0.717, 1.165) is 36.2 Å². The SMILES string of the molecule is CC1CN(C(=O)c2nn(-c3ccccc3)c3c2CCC3)CCC1C(=O)O. The zero-order valence-corrected chi connectivity index (χ0v) is 14.9. The zero-order chi connectivity index (χ0) is 18.3. The summed E-state index contributed by atoms with van der Waals surface area (Å²) in [5.74, 6) is -1.24. The van der Waals surface area contributed by atoms with Gasteiger partial charge < -0.3 is 10.0 Å². The molecule has 1 aliphatic heterocycles. The van der Waals surface area contributed by atoms with Crippen molar-refractivity contribution in [1.82, 2.24) is 14.7 Å². The lowest BCUT2D eigenvalue weighted by molar-refractivity contribution is -0.145. The van der Waals surface area contributed by atoms with E-state index in [1.165, 1.54) is 0 Å². The fourth-order valence-corrected chi connectivity index (χ4v) is 4.24. The maximum Gasteiger partial charge on any atom is 0.306 e. The molecule has 2 unspecified atom stereocenters. The van der Waals surface area contributed by atoms with Crippen LogP contribution in [-0.2, 0) is 17.6 Å². The maximum atomic E-state index is 13.1. The lowest BCUT2D eigenvalue weighted by Gasteiger charge is -2.34. The minimum Gasteiger partial charge on any atom is -0.481 e. The maximum absolute atomic E-state index is 13.1. The van der Waals surface area contributed by atoms with E-state index in [4.69, 9.17) is 0 Å². The second-order valence-electron chi connectivity index (χ2n) is 7.34. The van der Waals surface area contributed by atoms with Gasteiger partial charge in [-0.05, 0) is 43.7 Å². The molecule has 1 amide bonds. The standard InChI is InChI=1S/C20H23N3O3/c1-13-12-22(11-10-15(13)20(25)26)19(24)18-16-8-5-9-17(16)23(21-18)14-6-3-2-4-7-14/h2-4,6-7,13,15H,5,8-12H2,1H3,(H,25,26). The first-order valence-electron chi connectivity index (χ1n) is 9.24. The van der Waals surface area contributed by atoms with Crippen LogP contribution in [-0.4, -0.2) is 44.8 Å². The molecule has 1 N–H and O–H groups in total. The number of hydrogen-bond donors (Lipinski definition) is 1. The van der Waals surface area contributed by atoms with E-state index in [1.54, 1.807) is 4.90 Å². The topological polar surface area (TPSA) is 75.4 Å². The Labute approximate surface area is 152 Å². The smallest absolute Gasteiger partial charge is 0.306 e. The molecule has 4 rings (SSSR count). The monoisotopic (exact) mass is 353 g/mol. The molecule has 1 aromatic heterocycles. The minimum absolute atomic E-state index is 0.0468. The minimum atomic E-state index is -0.765. The van der Waals surface area contributed by atoms with Gasteiger partial charge in [-0.15, -0.1) is 0 Å². The Bertz CT molecular complexity index is 843. The number of piperidine rings is 1. The van der Waals surface area contributed by atoms with Gasteiger partial charge in [0.2, 0.25) is 0 Å². The number of carbonyl (C=O) groups is 2. The predicted molar refractivity (Wildman–Crippen MR) is 96.4 cm³/mol. The Hall–Kier alpha value is -2.63. The lowest BCUT2D eigenvalue weighted by Crippen LogP contribution is -2.45. The average molecular weight is 353 g/mol. The van der Waals surface area contributed by atoms with Gasteiger partial charge in [0.25, 0.3) is 5.91 Å². The molecule has 26 heavy (non-hydrogen) atoms. The van der Waals surface area contributed by atoms with Crippen LogP contribution in [0.1, 0.15) is 41.5 Å². The summed E-state index contributed by atoms with van der Waals surface area (Å²) in [6, 6.07) is 9.91. The van der Waals surface area contributed by atoms with Crippen molar-refractivity contribution in [3.63, 3.8) is 0 Å². The van der Waals surface area contributed by atoms with Gasteiger partial charge in [-0.2, -0.15) is 5.10 Å². The summed E-state index contributed by atoms with van der Waals surface area (Å²) in [6.45, 7) is 2.86. The molecule has 0 saturated carbocycles. The number of likely N-dealkylation sites (tertiary alicyclic amines) is 1. The average Bonchev–Trinajstić information content (AvgIpc) is 3.24. The van der Waals surface area contributed by atoms with E-state index in [1.807, 2.05) is 41.9 Å². The van der Waals surface area contributed by atoms with Crippen LogP contribution in [0, 0.1) is 11.8 Å². The number of fused-ring (bicyclic) bond motifs is 1. The Morgan fingerprint density at radius 3 is 2.65 bits per heavy atom. The van der Waals surface area contributed by atoms with Crippen LogP contribution in [0.4, 0.5) is 0 Å². The van der Waals surface area contributed by atoms with E-state index in [0.29, 0.717) is 25.2 Å². The second kappa shape index (κ2) is 6.59. The summed E-state index contributed by atoms with van der Waals surface area (Å²) in [5, 5.41) is 14.0. The number of benzene rings is 1. The number of aromatic nitrogens is 2. The molecular formula is C20H23N3O3. The van der Waals surface area contributed by atoms with Crippen LogP contribution in [0.15, 0.2) is 30.3 Å². The molecule has 2 aliphatic rings. The molecule has 2 aromatic rings. The van der Waals surface area contributed by atoms with Gasteiger partial charge in [0.1, 0.15) is 0 Å². The number of hydrogen-bond acceptors (Lipinski definition) is 3. The molecule has 0 spiro atoms. The van der Waals surface area contributed by atoms with E-state index in [2.05, 4.69) is 5.10 Å². The zero-order valence-electron chi connectivity index (χ0n) is 14.9. The Kier molecular flexibility index (Phi) is 4.26. The van der Waals surface area contributed by atoms with Crippen molar-refractivity contribution in [3.8, 4) is 5.69 Å². The number of para-hydroxylation sites is 1. The van der Waals surface area contributed by atoms with Crippen molar-refractivity contribution < 1.29 is 14.7 Å². The van der Waals surface area contributed by atoms with E-state index in [9.17, 15) is 14.7 Å². The summed E-state index contributed by atoms with van der Waals surface area (Å²) in [5.41, 5.74) is 3.71. The van der Waals surface area contributed by atoms with Crippen molar-refractivity contribution >= 4 is 11.9 Å². The predicted octanol–water partition coefficient (Wildman–Crippen LogP) is 2.54. The van der Waals surface area contributed by atoms with Crippen molar-refractivity contribution in [2.75, 3.05) is 13.1 Å². The summed E-state index contributed by atoms with van der Waals surface area (Å²) >= 11 is 0. The van der Waals surface area contributed by atoms with Crippen LogP contribution in [0.2, 0.25) is 0 Å². The second-order valence-corrected chi connectivity index (χ2v) is 7.34. The molecule has 1 fully saturated rings. The van der Waals surface area contributed by atoms with E-state index < -0.39 is 5.97 Å². The number of carbonyl (C=O) groups excluding carboxylic acids is 1. The Morgan fingerprint density at radius 2 is 1.96 bits per heavy atom. The van der Waals surface area contributed by atoms with Gasteiger partial charge in [-0.1, -0.05) is 25.1 Å². The van der Waals surface area contributed by atoms with Gasteiger partial charge in [-0.3, -0.25) is 9.59 Å². The summed E-state index contributed by atoms with van der Waals surface area (Å²) in [6.07, 6.45) is 3.36. The highest BCUT2D eigenvalue weighted by molar-refractivity contribution is 5.94. The molecule has 0 radical (unpaired) electrons. The molecule has 2 heterocycles. The van der Waals surface area contributed by atoms with Crippen LogP contribution in [0.3, 0.4) is 0 Å². The largest absolute Gasteiger partial charge is 0.481 e. The Balaban J connectivity index is 1.63. The first-order valence-corrected chi connectivity index (χ1v) is 9.24. The number of rotatable bonds is 3. The lowest BCUT2D eigenvalue weighted by atomic mass is 9.87. The third kappa shape index (κ3) is 2.79. The molecule has 1 aliphatic carbocycles. The quantitative estimate of drug-likeness (QED) is 0.920. The number of amides is 1. The highest BCUT2D eigenvalue weighted by Crippen LogP contribution is 2.30. The van der Waals surface area contributed by atoms with Crippen LogP contribution in [0.5, 0.6) is 0 Å². The molecule has 1 aromatic carbocycles. The van der Waals surface area contributed by atoms with Crippen LogP contribution in [0.25, 0.3) is 5.69 Å². The summed E-state index contributed by atoms with van der Waals surface area (Å²) in [7, 11) is 0. The van der Waals surface area contributed by atoms with Gasteiger partial charge >= 0.3 is 5.97 Å². The molecule has 0 bridgehead atoms. The van der Waals surface area contributed by atoms with Crippen molar-refractivity contribution in [2.24, 2.45) is 11.8 Å². The number of nitrogens with zero attached hydrogens (tertiary/aromatic N) is 3. The highest BCUT2D eigenvalue weighted by Gasteiger charge is 2.36. The Morgan fingerprint density at radius 1 is 1.19 bits per heavy atom. The van der Waals surface area contributed by atoms with Crippen molar-refractivity contribution in [1.29, 1.82) is 0 Å². The summed E-state index contributed by atoms with van der Waals surface area (Å²) < 4.78 is 1.91. The fourth-order valence-electron chi connectivity index (χ4n) is 4.24. The molecule has 136 valence electrons. The summed E-state index contributed by atoms with van der Waals surface area (Å²) in [4.78, 5) is 26.2. The van der Waals surface area contributed by atoms with Crippen LogP contribution < -0.4 is 0 Å². The third-order valence-corrected chi connectivity index (χ3v) is 5.64. The molecule has 6 nitrogen and oxygen atoms in total. The third-order valence-electron chi connectivity index (χ3n) is 5.64. The molecule has 2 atom stereocenters. The van der Waals surface area contributed by atoms with Crippen molar-refractivity contribution in [3.05, 3.63) is 47.3 Å². The van der Waals surface area contributed by atoms with Gasteiger partial charge in [0.05, 0.1) is 11.6 Å². The van der Waals surface area contributed by atoms with Gasteiger partial charge in [-0.25, -0.2) is 4.68 Å². The fraction of sp³-hybridized carbons (Fsp3) is 0.450. The number of aliphatic carboxylic acids is 1. The number of carboxylic acid groups (broad SMARTS) is 1. The van der Waals surface area contributed by atoms with Gasteiger partial charge in [0, 0.05) is 24.3 Å². The van der Waals surface area contributed by atoms with Crippen molar-refractivity contribution in [2.45, 2.75) is 32.6 Å². The highest BCUT2D eigenvalue weighted by atomic mass is 16.4. The molecule has 1 saturated heterocycles. The molecule has 6 heteroatoms. The van der Waals surface area contributed by atoms with Gasteiger partial charge in [0.15, 0.2) is 5.69 Å². The molecular weight excluding hydrogens is 330 g/mol. The number of carboxylic acids is 1. The first kappa shape index (κ1) is 16.8. The normalized spacial score (nSPS) is 22.3. The first-order chi connectivity index (χ1) is 12.6. The van der Waals surface area contributed by atoms with E-state index >= 15 is 0 Å². The van der Waals surface area contributed by atoms with E-state index in [-0.39, 0.29) is 17.7 Å². The van der Waals surface area contributed by atoms with Crippen LogP contribution >= 0.6 is 0 Å².